The van der Waals surface area contributed by atoms with E-state index in [0.29, 0.717) is 6.42 Å². The maximum absolute atomic E-state index is 12.5. The van der Waals surface area contributed by atoms with Gasteiger partial charge in [0.05, 0.1) is 0 Å². The molecule has 3 rings (SSSR count). The van der Waals surface area contributed by atoms with Crippen molar-refractivity contribution < 1.29 is 9.00 Å². The van der Waals surface area contributed by atoms with E-state index < -0.39 is 10.8 Å². The Hall–Kier alpha value is -1.03. The van der Waals surface area contributed by atoms with E-state index in [-0.39, 0.29) is 22.2 Å². The topological polar surface area (TPSA) is 47.0 Å². The molecule has 2 aliphatic heterocycles. The molecule has 0 radical (unpaired) electrons. The Labute approximate surface area is 122 Å². The second kappa shape index (κ2) is 5.76. The predicted octanol–water partition coefficient (Wildman–Crippen LogP) is 2.58. The van der Waals surface area contributed by atoms with E-state index in [0.717, 1.165) is 37.1 Å². The summed E-state index contributed by atoms with van der Waals surface area (Å²) in [5.41, 5.74) is 1.82. The molecule has 0 amide bonds. The molecule has 3 nitrogen and oxygen atoms in total. The monoisotopic (exact) mass is 291 g/mol. The largest absolute Gasteiger partial charge is 0.299 e. The minimum atomic E-state index is -0.691. The summed E-state index contributed by atoms with van der Waals surface area (Å²) >= 11 is 0. The third kappa shape index (κ3) is 2.85. The van der Waals surface area contributed by atoms with E-state index in [1.165, 1.54) is 6.42 Å². The zero-order valence-corrected chi connectivity index (χ0v) is 12.7. The molecule has 20 heavy (non-hydrogen) atoms. The lowest BCUT2D eigenvalue weighted by atomic mass is 9.85. The van der Waals surface area contributed by atoms with Gasteiger partial charge in [-0.2, -0.15) is 0 Å². The van der Waals surface area contributed by atoms with Gasteiger partial charge in [0.2, 0.25) is 0 Å². The maximum atomic E-state index is 12.5. The van der Waals surface area contributed by atoms with E-state index >= 15 is 0 Å². The van der Waals surface area contributed by atoms with Crippen molar-refractivity contribution in [1.29, 1.82) is 0 Å². The van der Waals surface area contributed by atoms with Crippen LogP contribution in [0, 0.1) is 12.8 Å². The molecule has 0 spiro atoms. The maximum Gasteiger partial charge on any atom is 0.141 e. The molecule has 0 saturated carbocycles. The fraction of sp³-hybridized carbons (Fsp3) is 0.625. The Bertz CT molecular complexity index is 527. The first kappa shape index (κ1) is 13.9. The van der Waals surface area contributed by atoms with Gasteiger partial charge in [-0.15, -0.1) is 0 Å². The number of Topliss-reactive ketones (excluding diaryl/α,β-unsaturated/α-hetero) is 1. The number of aromatic nitrogens is 1. The number of pyridine rings is 1. The smallest absolute Gasteiger partial charge is 0.141 e. The van der Waals surface area contributed by atoms with Gasteiger partial charge in [-0.3, -0.25) is 14.0 Å². The molecule has 108 valence electrons. The molecule has 2 unspecified atom stereocenters. The quantitative estimate of drug-likeness (QED) is 0.860. The van der Waals surface area contributed by atoms with Gasteiger partial charge in [0, 0.05) is 45.0 Å². The van der Waals surface area contributed by atoms with Gasteiger partial charge in [0.25, 0.3) is 0 Å². The van der Waals surface area contributed by atoms with Crippen LogP contribution in [0.1, 0.15) is 43.5 Å². The van der Waals surface area contributed by atoms with Crippen molar-refractivity contribution in [2.75, 3.05) is 0 Å². The molecule has 1 aromatic heterocycles. The number of fused-ring (bicyclic) bond motifs is 2. The first-order chi connectivity index (χ1) is 9.63. The summed E-state index contributed by atoms with van der Waals surface area (Å²) in [6, 6.07) is 5.82. The lowest BCUT2D eigenvalue weighted by Gasteiger charge is -2.37. The minimum absolute atomic E-state index is 0.102. The molecule has 0 N–H and O–H groups in total. The average molecular weight is 291 g/mol. The molecule has 4 heteroatoms. The normalized spacial score (nSPS) is 32.9. The van der Waals surface area contributed by atoms with Gasteiger partial charge in [0.15, 0.2) is 0 Å². The van der Waals surface area contributed by atoms with E-state index in [9.17, 15) is 9.00 Å². The van der Waals surface area contributed by atoms with Gasteiger partial charge in [-0.25, -0.2) is 0 Å². The van der Waals surface area contributed by atoms with Crippen LogP contribution in [-0.4, -0.2) is 25.5 Å². The number of carbonyl (C=O) groups excluding carboxylic acids is 1. The Morgan fingerprint density at radius 3 is 2.65 bits per heavy atom. The van der Waals surface area contributed by atoms with Crippen molar-refractivity contribution >= 4 is 16.6 Å². The van der Waals surface area contributed by atoms with Gasteiger partial charge in [0.1, 0.15) is 5.78 Å². The van der Waals surface area contributed by atoms with Crippen LogP contribution in [0.3, 0.4) is 0 Å². The standard InChI is InChI=1S/C16H21NO2S/c1-11-4-2-5-13(17-11)10-16(18)12-8-14-6-3-7-15(9-12)20(14)19/h2,4-5,12,14-15H,3,6-10H2,1H3. The number of ketones is 1. The number of rotatable bonds is 3. The molecule has 3 heterocycles. The van der Waals surface area contributed by atoms with Crippen LogP contribution in [0.5, 0.6) is 0 Å². The number of hydrogen-bond acceptors (Lipinski definition) is 3. The molecule has 2 saturated heterocycles. The minimum Gasteiger partial charge on any atom is -0.299 e. The third-order valence-corrected chi connectivity index (χ3v) is 6.73. The summed E-state index contributed by atoms with van der Waals surface area (Å²) in [6.07, 6.45) is 5.34. The first-order valence-electron chi connectivity index (χ1n) is 7.48. The number of nitrogens with zero attached hydrogens (tertiary/aromatic N) is 1. The second-order valence-corrected chi connectivity index (χ2v) is 8.08. The lowest BCUT2D eigenvalue weighted by molar-refractivity contribution is -0.122. The van der Waals surface area contributed by atoms with Crippen molar-refractivity contribution in [1.82, 2.24) is 4.98 Å². The fourth-order valence-electron chi connectivity index (χ4n) is 3.52. The van der Waals surface area contributed by atoms with E-state index in [2.05, 4.69) is 4.98 Å². The number of aryl methyl sites for hydroxylation is 1. The van der Waals surface area contributed by atoms with Crippen molar-refractivity contribution in [3.05, 3.63) is 29.6 Å². The Kier molecular flexibility index (Phi) is 4.01. The Morgan fingerprint density at radius 1 is 1.30 bits per heavy atom. The van der Waals surface area contributed by atoms with E-state index in [1.807, 2.05) is 25.1 Å². The highest BCUT2D eigenvalue weighted by atomic mass is 32.2. The highest BCUT2D eigenvalue weighted by molar-refractivity contribution is 7.86. The summed E-state index contributed by atoms with van der Waals surface area (Å²) in [4.78, 5) is 16.9. The van der Waals surface area contributed by atoms with Crippen molar-refractivity contribution in [2.24, 2.45) is 5.92 Å². The van der Waals surface area contributed by atoms with Crippen molar-refractivity contribution in [3.63, 3.8) is 0 Å². The summed E-state index contributed by atoms with van der Waals surface area (Å²) in [5.74, 6) is 0.391. The van der Waals surface area contributed by atoms with Crippen LogP contribution in [0.4, 0.5) is 0 Å². The van der Waals surface area contributed by atoms with E-state index in [4.69, 9.17) is 0 Å². The summed E-state index contributed by atoms with van der Waals surface area (Å²) in [5, 5.41) is 0.531. The first-order valence-corrected chi connectivity index (χ1v) is 8.75. The zero-order chi connectivity index (χ0) is 14.1. The van der Waals surface area contributed by atoms with E-state index in [1.54, 1.807) is 0 Å². The summed E-state index contributed by atoms with van der Waals surface area (Å²) in [6.45, 7) is 1.95. The molecular formula is C16H21NO2S. The average Bonchev–Trinajstić information content (AvgIpc) is 2.38. The van der Waals surface area contributed by atoms with Crippen LogP contribution in [-0.2, 0) is 22.0 Å². The highest BCUT2D eigenvalue weighted by Gasteiger charge is 2.40. The molecule has 0 aromatic carbocycles. The molecule has 1 aromatic rings. The zero-order valence-electron chi connectivity index (χ0n) is 11.9. The number of carbonyl (C=O) groups is 1. The molecule has 2 atom stereocenters. The Morgan fingerprint density at radius 2 is 2.00 bits per heavy atom. The molecule has 2 aliphatic rings. The second-order valence-electron chi connectivity index (χ2n) is 6.09. The van der Waals surface area contributed by atoms with Crippen LogP contribution >= 0.6 is 0 Å². The van der Waals surface area contributed by atoms with Gasteiger partial charge in [-0.1, -0.05) is 12.5 Å². The van der Waals surface area contributed by atoms with Crippen LogP contribution in [0.25, 0.3) is 0 Å². The van der Waals surface area contributed by atoms with Crippen molar-refractivity contribution in [2.45, 2.75) is 55.9 Å². The lowest BCUT2D eigenvalue weighted by Crippen LogP contribution is -2.41. The van der Waals surface area contributed by atoms with Gasteiger partial charge in [-0.05, 0) is 44.7 Å². The molecule has 2 fully saturated rings. The van der Waals surface area contributed by atoms with Crippen molar-refractivity contribution in [3.8, 4) is 0 Å². The van der Waals surface area contributed by atoms with Crippen LogP contribution < -0.4 is 0 Å². The summed E-state index contributed by atoms with van der Waals surface area (Å²) < 4.78 is 12.2. The van der Waals surface area contributed by atoms with Gasteiger partial charge < -0.3 is 0 Å². The third-order valence-electron chi connectivity index (χ3n) is 4.56. The van der Waals surface area contributed by atoms with Crippen LogP contribution in [0.2, 0.25) is 0 Å². The molecule has 0 aliphatic carbocycles. The SMILES string of the molecule is Cc1cccc(CC(=O)C2CC3CCCC(C2)S3=O)n1. The van der Waals surface area contributed by atoms with Crippen LogP contribution in [0.15, 0.2) is 18.2 Å². The fourth-order valence-corrected chi connectivity index (χ4v) is 5.70. The molecule has 2 bridgehead atoms. The molecular weight excluding hydrogens is 270 g/mol. The van der Waals surface area contributed by atoms with Gasteiger partial charge >= 0.3 is 0 Å². The predicted molar refractivity (Wildman–Crippen MR) is 80.0 cm³/mol. The Balaban J connectivity index is 1.67. The highest BCUT2D eigenvalue weighted by Crippen LogP contribution is 2.37. The number of hydrogen-bond donors (Lipinski definition) is 0. The summed E-state index contributed by atoms with van der Waals surface area (Å²) in [7, 11) is -0.691.